The highest BCUT2D eigenvalue weighted by molar-refractivity contribution is 6.30. The second kappa shape index (κ2) is 8.77. The van der Waals surface area contributed by atoms with Crippen LogP contribution in [0.4, 0.5) is 0 Å². The van der Waals surface area contributed by atoms with Gasteiger partial charge >= 0.3 is 0 Å². The number of hydrogen-bond donors (Lipinski definition) is 2. The summed E-state index contributed by atoms with van der Waals surface area (Å²) in [6, 6.07) is 13.1. The van der Waals surface area contributed by atoms with Crippen molar-refractivity contribution in [3.8, 4) is 17.1 Å². The number of carbonyl (C=O) groups excluding carboxylic acids is 1. The van der Waals surface area contributed by atoms with Crippen LogP contribution in [0.2, 0.25) is 5.02 Å². The zero-order valence-corrected chi connectivity index (χ0v) is 15.3. The molecule has 1 atom stereocenters. The SMILES string of the molecule is COc1ccc(-c2noc([C@H](CO)NCC(=O)c3ccc(Cl)cc3)n2)cc1. The minimum atomic E-state index is -0.652. The van der Waals surface area contributed by atoms with Crippen molar-refractivity contribution >= 4 is 17.4 Å². The highest BCUT2D eigenvalue weighted by atomic mass is 35.5. The maximum atomic E-state index is 12.2. The number of nitrogens with one attached hydrogen (secondary N) is 1. The molecule has 0 radical (unpaired) electrons. The fourth-order valence-electron chi connectivity index (χ4n) is 2.42. The third-order valence-corrected chi connectivity index (χ3v) is 4.20. The quantitative estimate of drug-likeness (QED) is 0.573. The Hall–Kier alpha value is -2.74. The average Bonchev–Trinajstić information content (AvgIpc) is 3.19. The lowest BCUT2D eigenvalue weighted by atomic mass is 10.1. The van der Waals surface area contributed by atoms with Gasteiger partial charge in [0.2, 0.25) is 11.7 Å². The molecule has 3 aromatic rings. The zero-order chi connectivity index (χ0) is 19.2. The van der Waals surface area contributed by atoms with Gasteiger partial charge in [0.05, 0.1) is 20.3 Å². The maximum absolute atomic E-state index is 12.2. The Morgan fingerprint density at radius 2 is 1.93 bits per heavy atom. The van der Waals surface area contributed by atoms with Crippen LogP contribution in [0.15, 0.2) is 53.1 Å². The molecule has 0 saturated heterocycles. The second-order valence-electron chi connectivity index (χ2n) is 5.73. The van der Waals surface area contributed by atoms with Crippen molar-refractivity contribution in [2.75, 3.05) is 20.3 Å². The summed E-state index contributed by atoms with van der Waals surface area (Å²) in [5.41, 5.74) is 1.27. The first-order chi connectivity index (χ1) is 13.1. The molecule has 2 N–H and O–H groups in total. The monoisotopic (exact) mass is 387 g/mol. The van der Waals surface area contributed by atoms with E-state index in [0.717, 1.165) is 11.3 Å². The van der Waals surface area contributed by atoms with Crippen LogP contribution < -0.4 is 10.1 Å². The first kappa shape index (κ1) is 19.0. The number of methoxy groups -OCH3 is 1. The standard InChI is InChI=1S/C19H18ClN3O4/c1-26-15-8-4-13(5-9-15)18-22-19(27-23-18)16(11-24)21-10-17(25)12-2-6-14(20)7-3-12/h2-9,16,21,24H,10-11H2,1H3/t16-/m0/s1. The fraction of sp³-hybridized carbons (Fsp3) is 0.211. The summed E-state index contributed by atoms with van der Waals surface area (Å²) >= 11 is 5.82. The number of benzene rings is 2. The number of ether oxygens (including phenoxy) is 1. The molecule has 0 fully saturated rings. The van der Waals surface area contributed by atoms with Crippen LogP contribution in [-0.2, 0) is 0 Å². The number of ketones is 1. The van der Waals surface area contributed by atoms with Gasteiger partial charge in [0.25, 0.3) is 0 Å². The van der Waals surface area contributed by atoms with Gasteiger partial charge in [0.15, 0.2) is 5.78 Å². The number of aliphatic hydroxyl groups excluding tert-OH is 1. The molecule has 0 aliphatic heterocycles. The van der Waals surface area contributed by atoms with Crippen molar-refractivity contribution in [1.82, 2.24) is 15.5 Å². The van der Waals surface area contributed by atoms with Crippen molar-refractivity contribution in [1.29, 1.82) is 0 Å². The highest BCUT2D eigenvalue weighted by Gasteiger charge is 2.20. The number of rotatable bonds is 8. The van der Waals surface area contributed by atoms with Crippen molar-refractivity contribution in [2.24, 2.45) is 0 Å². The molecule has 0 amide bonds. The van der Waals surface area contributed by atoms with Crippen LogP contribution in [0.5, 0.6) is 5.75 Å². The van der Waals surface area contributed by atoms with Gasteiger partial charge in [-0.1, -0.05) is 16.8 Å². The van der Waals surface area contributed by atoms with E-state index in [1.807, 2.05) is 0 Å². The Kier molecular flexibility index (Phi) is 6.18. The average molecular weight is 388 g/mol. The molecule has 8 heteroatoms. The summed E-state index contributed by atoms with van der Waals surface area (Å²) in [6.45, 7) is -0.286. The van der Waals surface area contributed by atoms with E-state index in [-0.39, 0.29) is 24.8 Å². The maximum Gasteiger partial charge on any atom is 0.246 e. The van der Waals surface area contributed by atoms with Crippen LogP contribution in [0.1, 0.15) is 22.3 Å². The number of aliphatic hydroxyl groups is 1. The molecule has 7 nitrogen and oxygen atoms in total. The van der Waals surface area contributed by atoms with E-state index in [1.54, 1.807) is 55.6 Å². The van der Waals surface area contributed by atoms with Gasteiger partial charge in [0.1, 0.15) is 11.8 Å². The molecule has 0 aliphatic carbocycles. The van der Waals surface area contributed by atoms with E-state index in [1.165, 1.54) is 0 Å². The number of carbonyl (C=O) groups is 1. The molecule has 0 saturated carbocycles. The smallest absolute Gasteiger partial charge is 0.246 e. The van der Waals surface area contributed by atoms with Crippen molar-refractivity contribution in [3.63, 3.8) is 0 Å². The van der Waals surface area contributed by atoms with Gasteiger partial charge in [-0.2, -0.15) is 4.98 Å². The zero-order valence-electron chi connectivity index (χ0n) is 14.6. The van der Waals surface area contributed by atoms with Crippen molar-refractivity contribution in [2.45, 2.75) is 6.04 Å². The largest absolute Gasteiger partial charge is 0.497 e. The first-order valence-electron chi connectivity index (χ1n) is 8.21. The van der Waals surface area contributed by atoms with Crippen molar-refractivity contribution < 1.29 is 19.2 Å². The molecule has 0 unspecified atom stereocenters. The van der Waals surface area contributed by atoms with Gasteiger partial charge in [-0.3, -0.25) is 10.1 Å². The normalized spacial score (nSPS) is 12.0. The lowest BCUT2D eigenvalue weighted by Crippen LogP contribution is -2.30. The number of Topliss-reactive ketones (excluding diaryl/α,β-unsaturated/α-hetero) is 1. The van der Waals surface area contributed by atoms with Gasteiger partial charge < -0.3 is 14.4 Å². The van der Waals surface area contributed by atoms with Crippen LogP contribution >= 0.6 is 11.6 Å². The summed E-state index contributed by atoms with van der Waals surface area (Å²) in [4.78, 5) is 16.5. The van der Waals surface area contributed by atoms with Crippen molar-refractivity contribution in [3.05, 3.63) is 65.0 Å². The van der Waals surface area contributed by atoms with E-state index >= 15 is 0 Å². The predicted octanol–water partition coefficient (Wildman–Crippen LogP) is 2.90. The molecule has 2 aromatic carbocycles. The summed E-state index contributed by atoms with van der Waals surface area (Å²) in [5, 5.41) is 17.0. The molecule has 3 rings (SSSR count). The Balaban J connectivity index is 1.66. The molecule has 1 aromatic heterocycles. The third-order valence-electron chi connectivity index (χ3n) is 3.95. The third kappa shape index (κ3) is 4.71. The van der Waals surface area contributed by atoms with Gasteiger partial charge in [0, 0.05) is 16.1 Å². The summed E-state index contributed by atoms with van der Waals surface area (Å²) in [6.07, 6.45) is 0. The van der Waals surface area contributed by atoms with Gasteiger partial charge in [-0.15, -0.1) is 0 Å². The van der Waals surface area contributed by atoms with E-state index in [4.69, 9.17) is 20.9 Å². The lowest BCUT2D eigenvalue weighted by Gasteiger charge is -2.11. The number of nitrogens with zero attached hydrogens (tertiary/aromatic N) is 2. The van der Waals surface area contributed by atoms with E-state index < -0.39 is 6.04 Å². The van der Waals surface area contributed by atoms with Crippen LogP contribution in [0, 0.1) is 0 Å². The number of hydrogen-bond acceptors (Lipinski definition) is 7. The topological polar surface area (TPSA) is 97.5 Å². The molecule has 1 heterocycles. The Bertz CT molecular complexity index is 894. The first-order valence-corrected chi connectivity index (χ1v) is 8.59. The highest BCUT2D eigenvalue weighted by Crippen LogP contribution is 2.21. The minimum Gasteiger partial charge on any atom is -0.497 e. The molecular weight excluding hydrogens is 370 g/mol. The number of aromatic nitrogens is 2. The van der Waals surface area contributed by atoms with E-state index in [0.29, 0.717) is 16.4 Å². The molecule has 140 valence electrons. The number of halogens is 1. The molecular formula is C19H18ClN3O4. The second-order valence-corrected chi connectivity index (χ2v) is 6.17. The minimum absolute atomic E-state index is 0.00705. The van der Waals surface area contributed by atoms with E-state index in [9.17, 15) is 9.90 Å². The molecule has 27 heavy (non-hydrogen) atoms. The fourth-order valence-corrected chi connectivity index (χ4v) is 2.54. The summed E-state index contributed by atoms with van der Waals surface area (Å²) < 4.78 is 10.4. The van der Waals surface area contributed by atoms with E-state index in [2.05, 4.69) is 15.5 Å². The molecule has 0 spiro atoms. The van der Waals surface area contributed by atoms with Crippen LogP contribution in [0.25, 0.3) is 11.4 Å². The molecule has 0 bridgehead atoms. The van der Waals surface area contributed by atoms with Gasteiger partial charge in [-0.25, -0.2) is 0 Å². The summed E-state index contributed by atoms with van der Waals surface area (Å²) in [7, 11) is 1.59. The lowest BCUT2D eigenvalue weighted by molar-refractivity contribution is 0.0979. The predicted molar refractivity (Wildman–Crippen MR) is 99.9 cm³/mol. The molecule has 0 aliphatic rings. The Morgan fingerprint density at radius 3 is 2.56 bits per heavy atom. The Morgan fingerprint density at radius 1 is 1.22 bits per heavy atom. The summed E-state index contributed by atoms with van der Waals surface area (Å²) in [5.74, 6) is 1.17. The van der Waals surface area contributed by atoms with Crippen LogP contribution in [0.3, 0.4) is 0 Å². The van der Waals surface area contributed by atoms with Gasteiger partial charge in [-0.05, 0) is 48.5 Å². The van der Waals surface area contributed by atoms with Crippen LogP contribution in [-0.4, -0.2) is 41.3 Å². The Labute approximate surface area is 160 Å².